The predicted octanol–water partition coefficient (Wildman–Crippen LogP) is 3.41. The van der Waals surface area contributed by atoms with Gasteiger partial charge in [0.2, 0.25) is 0 Å². The number of nitrogens with zero attached hydrogens (tertiary/aromatic N) is 1. The molecule has 1 rings (SSSR count). The van der Waals surface area contributed by atoms with Gasteiger partial charge < -0.3 is 5.73 Å². The van der Waals surface area contributed by atoms with E-state index in [1.807, 2.05) is 6.92 Å². The van der Waals surface area contributed by atoms with Crippen molar-refractivity contribution in [1.82, 2.24) is 4.90 Å². The molecule has 0 aromatic heterocycles. The Labute approximate surface area is 114 Å². The van der Waals surface area contributed by atoms with Crippen molar-refractivity contribution in [2.45, 2.75) is 58.2 Å². The minimum absolute atomic E-state index is 0.00488. The van der Waals surface area contributed by atoms with Crippen LogP contribution < -0.4 is 5.73 Å². The molecule has 0 heterocycles. The van der Waals surface area contributed by atoms with Gasteiger partial charge in [0, 0.05) is 6.04 Å². The molecule has 0 aliphatic heterocycles. The van der Waals surface area contributed by atoms with Crippen LogP contribution in [0.2, 0.25) is 0 Å². The number of hydrogen-bond acceptors (Lipinski definition) is 2. The number of rotatable bonds is 6. The zero-order valence-electron chi connectivity index (χ0n) is 12.0. The molecule has 3 atom stereocenters. The van der Waals surface area contributed by atoms with Gasteiger partial charge in [-0.05, 0) is 44.2 Å². The molecule has 2 nitrogen and oxygen atoms in total. The fourth-order valence-electron chi connectivity index (χ4n) is 3.27. The molecule has 19 heavy (non-hydrogen) atoms. The molecule has 0 spiro atoms. The highest BCUT2D eigenvalue weighted by atomic mass is 19.4. The molecule has 1 aliphatic carbocycles. The average molecular weight is 280 g/mol. The summed E-state index contributed by atoms with van der Waals surface area (Å²) in [5.74, 6) is 0.775. The monoisotopic (exact) mass is 280 g/mol. The lowest BCUT2D eigenvalue weighted by molar-refractivity contribution is -0.155. The van der Waals surface area contributed by atoms with Crippen LogP contribution in [0, 0.1) is 11.8 Å². The van der Waals surface area contributed by atoms with Crippen molar-refractivity contribution in [2.24, 2.45) is 17.6 Å². The minimum atomic E-state index is -4.12. The second kappa shape index (κ2) is 7.48. The largest absolute Gasteiger partial charge is 0.401 e. The van der Waals surface area contributed by atoms with Gasteiger partial charge >= 0.3 is 6.18 Å². The summed E-state index contributed by atoms with van der Waals surface area (Å²) in [5.41, 5.74) is 5.77. The molecule has 0 saturated heterocycles. The molecule has 0 aromatic rings. The Morgan fingerprint density at radius 3 is 2.37 bits per heavy atom. The van der Waals surface area contributed by atoms with Crippen LogP contribution in [0.5, 0.6) is 0 Å². The number of nitrogens with two attached hydrogens (primary N) is 1. The van der Waals surface area contributed by atoms with Gasteiger partial charge in [-0.2, -0.15) is 13.2 Å². The summed E-state index contributed by atoms with van der Waals surface area (Å²) in [6.07, 6.45) is 0.640. The molecule has 114 valence electrons. The van der Waals surface area contributed by atoms with E-state index in [9.17, 15) is 13.2 Å². The first kappa shape index (κ1) is 16.8. The van der Waals surface area contributed by atoms with Crippen molar-refractivity contribution in [3.63, 3.8) is 0 Å². The van der Waals surface area contributed by atoms with E-state index in [1.54, 1.807) is 4.90 Å². The SMILES string of the molecule is CCCN(CC(F)(F)F)C1CC(CC)CCC1CN. The lowest BCUT2D eigenvalue weighted by atomic mass is 9.76. The quantitative estimate of drug-likeness (QED) is 0.808. The van der Waals surface area contributed by atoms with Crippen molar-refractivity contribution in [2.75, 3.05) is 19.6 Å². The third kappa shape index (κ3) is 5.30. The normalized spacial score (nSPS) is 28.9. The van der Waals surface area contributed by atoms with Crippen LogP contribution in [0.1, 0.15) is 46.0 Å². The van der Waals surface area contributed by atoms with Gasteiger partial charge in [-0.3, -0.25) is 4.90 Å². The van der Waals surface area contributed by atoms with Gasteiger partial charge in [-0.25, -0.2) is 0 Å². The Balaban J connectivity index is 2.76. The molecular weight excluding hydrogens is 253 g/mol. The second-order valence-electron chi connectivity index (χ2n) is 5.74. The Morgan fingerprint density at radius 2 is 1.89 bits per heavy atom. The number of halogens is 3. The predicted molar refractivity (Wildman–Crippen MR) is 71.9 cm³/mol. The van der Waals surface area contributed by atoms with Gasteiger partial charge in [-0.15, -0.1) is 0 Å². The summed E-state index contributed by atoms with van der Waals surface area (Å²) in [6, 6.07) is 0.00488. The Morgan fingerprint density at radius 1 is 1.21 bits per heavy atom. The maximum Gasteiger partial charge on any atom is 0.401 e. The van der Waals surface area contributed by atoms with Gasteiger partial charge in [0.05, 0.1) is 6.54 Å². The molecule has 0 aromatic carbocycles. The maximum absolute atomic E-state index is 12.7. The molecule has 0 amide bonds. The second-order valence-corrected chi connectivity index (χ2v) is 5.74. The van der Waals surface area contributed by atoms with Gasteiger partial charge in [0.1, 0.15) is 0 Å². The highest BCUT2D eigenvalue weighted by Crippen LogP contribution is 2.35. The summed E-state index contributed by atoms with van der Waals surface area (Å²) in [5, 5.41) is 0. The molecule has 3 unspecified atom stereocenters. The minimum Gasteiger partial charge on any atom is -0.330 e. The summed E-state index contributed by atoms with van der Waals surface area (Å²) in [7, 11) is 0. The van der Waals surface area contributed by atoms with Crippen LogP contribution >= 0.6 is 0 Å². The Hall–Kier alpha value is -0.290. The zero-order chi connectivity index (χ0) is 14.5. The molecular formula is C14H27F3N2. The van der Waals surface area contributed by atoms with Gasteiger partial charge in [0.25, 0.3) is 0 Å². The van der Waals surface area contributed by atoms with E-state index < -0.39 is 12.7 Å². The molecule has 0 bridgehead atoms. The van der Waals surface area contributed by atoms with E-state index in [0.717, 1.165) is 32.1 Å². The van der Waals surface area contributed by atoms with Crippen LogP contribution in [0.15, 0.2) is 0 Å². The maximum atomic E-state index is 12.7. The highest BCUT2D eigenvalue weighted by Gasteiger charge is 2.38. The summed E-state index contributed by atoms with van der Waals surface area (Å²) in [6.45, 7) is 4.27. The fourth-order valence-corrected chi connectivity index (χ4v) is 3.27. The van der Waals surface area contributed by atoms with E-state index in [-0.39, 0.29) is 12.0 Å². The third-order valence-electron chi connectivity index (χ3n) is 4.31. The summed E-state index contributed by atoms with van der Waals surface area (Å²) in [4.78, 5) is 1.62. The first-order valence-electron chi connectivity index (χ1n) is 7.42. The van der Waals surface area contributed by atoms with Crippen molar-refractivity contribution < 1.29 is 13.2 Å². The van der Waals surface area contributed by atoms with E-state index in [0.29, 0.717) is 19.0 Å². The number of alkyl halides is 3. The van der Waals surface area contributed by atoms with Crippen LogP contribution in [-0.4, -0.2) is 36.8 Å². The molecule has 2 N–H and O–H groups in total. The molecule has 1 aliphatic rings. The first-order valence-corrected chi connectivity index (χ1v) is 7.42. The molecule has 0 radical (unpaired) electrons. The Kier molecular flexibility index (Phi) is 6.60. The first-order chi connectivity index (χ1) is 8.91. The average Bonchev–Trinajstić information content (AvgIpc) is 2.36. The van der Waals surface area contributed by atoms with E-state index >= 15 is 0 Å². The lowest BCUT2D eigenvalue weighted by Gasteiger charge is -2.42. The zero-order valence-corrected chi connectivity index (χ0v) is 12.0. The van der Waals surface area contributed by atoms with Gasteiger partial charge in [-0.1, -0.05) is 26.7 Å². The summed E-state index contributed by atoms with van der Waals surface area (Å²) >= 11 is 0. The van der Waals surface area contributed by atoms with E-state index in [2.05, 4.69) is 6.92 Å². The van der Waals surface area contributed by atoms with Crippen LogP contribution in [0.4, 0.5) is 13.2 Å². The Bertz CT molecular complexity index is 256. The molecule has 1 fully saturated rings. The smallest absolute Gasteiger partial charge is 0.330 e. The van der Waals surface area contributed by atoms with Gasteiger partial charge in [0.15, 0.2) is 0 Å². The third-order valence-corrected chi connectivity index (χ3v) is 4.31. The van der Waals surface area contributed by atoms with Crippen LogP contribution in [0.3, 0.4) is 0 Å². The van der Waals surface area contributed by atoms with Crippen LogP contribution in [-0.2, 0) is 0 Å². The van der Waals surface area contributed by atoms with E-state index in [1.165, 1.54) is 0 Å². The van der Waals surface area contributed by atoms with E-state index in [4.69, 9.17) is 5.73 Å². The van der Waals surface area contributed by atoms with Crippen molar-refractivity contribution in [3.05, 3.63) is 0 Å². The topological polar surface area (TPSA) is 29.3 Å². The van der Waals surface area contributed by atoms with Crippen molar-refractivity contribution in [1.29, 1.82) is 0 Å². The molecule has 5 heteroatoms. The molecule has 1 saturated carbocycles. The highest BCUT2D eigenvalue weighted by molar-refractivity contribution is 4.88. The summed E-state index contributed by atoms with van der Waals surface area (Å²) < 4.78 is 38.2. The number of hydrogen-bond donors (Lipinski definition) is 1. The van der Waals surface area contributed by atoms with Crippen molar-refractivity contribution >= 4 is 0 Å². The lowest BCUT2D eigenvalue weighted by Crippen LogP contribution is -2.50. The van der Waals surface area contributed by atoms with Crippen molar-refractivity contribution in [3.8, 4) is 0 Å². The fraction of sp³-hybridized carbons (Fsp3) is 1.00. The standard InChI is InChI=1S/C14H27F3N2/c1-3-7-19(10-14(15,16)17)13-8-11(4-2)5-6-12(13)9-18/h11-13H,3-10,18H2,1-2H3. The van der Waals surface area contributed by atoms with Crippen LogP contribution in [0.25, 0.3) is 0 Å².